The Morgan fingerprint density at radius 3 is 3.00 bits per heavy atom. The van der Waals surface area contributed by atoms with E-state index < -0.39 is 0 Å². The maximum absolute atomic E-state index is 12.2. The molecule has 1 amide bonds. The number of hydrogen-bond acceptors (Lipinski definition) is 6. The van der Waals surface area contributed by atoms with Crippen LogP contribution in [0.2, 0.25) is 0 Å². The van der Waals surface area contributed by atoms with Gasteiger partial charge in [-0.15, -0.1) is 22.7 Å². The molecule has 0 bridgehead atoms. The smallest absolute Gasteiger partial charge is 0.257 e. The Bertz CT molecular complexity index is 769. The first kappa shape index (κ1) is 14.7. The van der Waals surface area contributed by atoms with E-state index in [2.05, 4.69) is 15.3 Å². The van der Waals surface area contributed by atoms with Crippen molar-refractivity contribution in [3.05, 3.63) is 57.5 Å². The number of nitrogens with one attached hydrogen (secondary N) is 1. The van der Waals surface area contributed by atoms with Crippen LogP contribution in [0.5, 0.6) is 5.75 Å². The molecule has 2 heterocycles. The summed E-state index contributed by atoms with van der Waals surface area (Å²) in [5.74, 6) is 0.435. The van der Waals surface area contributed by atoms with Crippen molar-refractivity contribution >= 4 is 33.7 Å². The fourth-order valence-electron chi connectivity index (χ4n) is 1.78. The van der Waals surface area contributed by atoms with Gasteiger partial charge in [-0.05, 0) is 25.1 Å². The molecule has 0 saturated carbocycles. The molecule has 0 aliphatic heterocycles. The zero-order valence-corrected chi connectivity index (χ0v) is 13.4. The van der Waals surface area contributed by atoms with Crippen LogP contribution in [-0.2, 0) is 6.61 Å². The van der Waals surface area contributed by atoms with E-state index in [1.54, 1.807) is 29.9 Å². The van der Waals surface area contributed by atoms with Crippen LogP contribution in [0.25, 0.3) is 0 Å². The lowest BCUT2D eigenvalue weighted by Crippen LogP contribution is -2.11. The van der Waals surface area contributed by atoms with Crippen LogP contribution in [0.1, 0.15) is 20.9 Å². The highest BCUT2D eigenvalue weighted by molar-refractivity contribution is 7.15. The molecule has 0 spiro atoms. The molecule has 0 aliphatic rings. The summed E-state index contributed by atoms with van der Waals surface area (Å²) in [4.78, 5) is 21.5. The van der Waals surface area contributed by atoms with Crippen LogP contribution in [-0.4, -0.2) is 15.9 Å². The van der Waals surface area contributed by atoms with Gasteiger partial charge in [0.1, 0.15) is 12.4 Å². The van der Waals surface area contributed by atoms with Gasteiger partial charge in [-0.25, -0.2) is 9.97 Å². The second kappa shape index (κ2) is 6.67. The lowest BCUT2D eigenvalue weighted by atomic mass is 10.2. The average molecular weight is 331 g/mol. The number of thiazole rings is 2. The number of amides is 1. The molecule has 3 rings (SSSR count). The monoisotopic (exact) mass is 331 g/mol. The molecular weight excluding hydrogens is 318 g/mol. The average Bonchev–Trinajstić information content (AvgIpc) is 3.17. The van der Waals surface area contributed by atoms with Gasteiger partial charge in [-0.2, -0.15) is 0 Å². The zero-order valence-electron chi connectivity index (χ0n) is 11.8. The lowest BCUT2D eigenvalue weighted by molar-refractivity contribution is 0.102. The summed E-state index contributed by atoms with van der Waals surface area (Å²) in [6.45, 7) is 2.33. The van der Waals surface area contributed by atoms with Crippen molar-refractivity contribution in [1.82, 2.24) is 9.97 Å². The first-order valence-electron chi connectivity index (χ1n) is 6.54. The quantitative estimate of drug-likeness (QED) is 0.773. The first-order chi connectivity index (χ1) is 10.7. The topological polar surface area (TPSA) is 64.1 Å². The third kappa shape index (κ3) is 3.69. The van der Waals surface area contributed by atoms with E-state index in [4.69, 9.17) is 4.74 Å². The molecule has 7 heteroatoms. The number of benzene rings is 1. The minimum Gasteiger partial charge on any atom is -0.487 e. The third-order valence-electron chi connectivity index (χ3n) is 2.81. The molecular formula is C15H13N3O2S2. The van der Waals surface area contributed by atoms with Crippen molar-refractivity contribution in [2.24, 2.45) is 0 Å². The molecule has 1 aromatic carbocycles. The van der Waals surface area contributed by atoms with E-state index in [1.807, 2.05) is 18.4 Å². The molecule has 3 aromatic rings. The van der Waals surface area contributed by atoms with Crippen molar-refractivity contribution in [3.8, 4) is 5.75 Å². The van der Waals surface area contributed by atoms with Gasteiger partial charge in [0.2, 0.25) is 0 Å². The summed E-state index contributed by atoms with van der Waals surface area (Å²) in [6.07, 6.45) is 1.73. The van der Waals surface area contributed by atoms with E-state index >= 15 is 0 Å². The Hall–Kier alpha value is -2.25. The van der Waals surface area contributed by atoms with E-state index in [1.165, 1.54) is 22.7 Å². The highest BCUT2D eigenvalue weighted by atomic mass is 32.1. The molecule has 1 N–H and O–H groups in total. The van der Waals surface area contributed by atoms with E-state index in [9.17, 15) is 4.79 Å². The van der Waals surface area contributed by atoms with Gasteiger partial charge in [-0.3, -0.25) is 10.1 Å². The number of nitrogens with zero attached hydrogens (tertiary/aromatic N) is 2. The van der Waals surface area contributed by atoms with Gasteiger partial charge < -0.3 is 4.74 Å². The summed E-state index contributed by atoms with van der Waals surface area (Å²) in [5.41, 5.74) is 3.17. The fraction of sp³-hybridized carbons (Fsp3) is 0.133. The standard InChI is InChI=1S/C15H13N3O2S2/c1-10-6-16-15(22-10)18-14(19)11-3-2-4-13(5-11)20-7-12-8-21-9-17-12/h2-6,8-9H,7H2,1H3,(H,16,18,19). The highest BCUT2D eigenvalue weighted by Gasteiger charge is 2.09. The first-order valence-corrected chi connectivity index (χ1v) is 8.30. The van der Waals surface area contributed by atoms with Crippen LogP contribution in [0, 0.1) is 6.92 Å². The number of aromatic nitrogens is 2. The number of carbonyl (C=O) groups excluding carboxylic acids is 1. The number of carbonyl (C=O) groups is 1. The number of rotatable bonds is 5. The minimum atomic E-state index is -0.201. The molecule has 2 aromatic heterocycles. The summed E-state index contributed by atoms with van der Waals surface area (Å²) >= 11 is 2.97. The normalized spacial score (nSPS) is 10.4. The Morgan fingerprint density at radius 2 is 2.27 bits per heavy atom. The van der Waals surface area contributed by atoms with Gasteiger partial charge in [-0.1, -0.05) is 6.07 Å². The Morgan fingerprint density at radius 1 is 1.36 bits per heavy atom. The molecule has 0 unspecified atom stereocenters. The van der Waals surface area contributed by atoms with Gasteiger partial charge in [0.25, 0.3) is 5.91 Å². The summed E-state index contributed by atoms with van der Waals surface area (Å²) in [6, 6.07) is 7.06. The Balaban J connectivity index is 1.66. The van der Waals surface area contributed by atoms with Crippen LogP contribution >= 0.6 is 22.7 Å². The number of anilines is 1. The Labute approximate surface area is 135 Å². The highest BCUT2D eigenvalue weighted by Crippen LogP contribution is 2.19. The summed E-state index contributed by atoms with van der Waals surface area (Å²) < 4.78 is 5.65. The van der Waals surface area contributed by atoms with Crippen molar-refractivity contribution in [1.29, 1.82) is 0 Å². The zero-order chi connectivity index (χ0) is 15.4. The second-order valence-electron chi connectivity index (χ2n) is 4.53. The minimum absolute atomic E-state index is 0.201. The molecule has 22 heavy (non-hydrogen) atoms. The number of hydrogen-bond donors (Lipinski definition) is 1. The second-order valence-corrected chi connectivity index (χ2v) is 6.48. The third-order valence-corrected chi connectivity index (χ3v) is 4.27. The van der Waals surface area contributed by atoms with Gasteiger partial charge in [0, 0.05) is 22.0 Å². The predicted octanol–water partition coefficient (Wildman–Crippen LogP) is 3.74. The Kier molecular flexibility index (Phi) is 4.45. The summed E-state index contributed by atoms with van der Waals surface area (Å²) in [5, 5.41) is 5.30. The molecule has 0 saturated heterocycles. The molecule has 0 aliphatic carbocycles. The number of ether oxygens (including phenoxy) is 1. The van der Waals surface area contributed by atoms with Gasteiger partial charge >= 0.3 is 0 Å². The van der Waals surface area contributed by atoms with E-state index in [-0.39, 0.29) is 5.91 Å². The SMILES string of the molecule is Cc1cnc(NC(=O)c2cccc(OCc3cscn3)c2)s1. The van der Waals surface area contributed by atoms with Crippen LogP contribution in [0.3, 0.4) is 0 Å². The molecule has 112 valence electrons. The molecule has 0 radical (unpaired) electrons. The maximum Gasteiger partial charge on any atom is 0.257 e. The fourth-order valence-corrected chi connectivity index (χ4v) is 2.98. The molecule has 0 atom stereocenters. The van der Waals surface area contributed by atoms with E-state index in [0.717, 1.165) is 10.6 Å². The van der Waals surface area contributed by atoms with Gasteiger partial charge in [0.05, 0.1) is 11.2 Å². The van der Waals surface area contributed by atoms with Crippen LogP contribution in [0.15, 0.2) is 41.4 Å². The predicted molar refractivity (Wildman–Crippen MR) is 87.7 cm³/mol. The van der Waals surface area contributed by atoms with Crippen molar-refractivity contribution in [2.75, 3.05) is 5.32 Å². The van der Waals surface area contributed by atoms with E-state index in [0.29, 0.717) is 23.1 Å². The maximum atomic E-state index is 12.2. The number of aryl methyl sites for hydroxylation is 1. The molecule has 0 fully saturated rings. The van der Waals surface area contributed by atoms with Crippen molar-refractivity contribution < 1.29 is 9.53 Å². The van der Waals surface area contributed by atoms with Crippen molar-refractivity contribution in [3.63, 3.8) is 0 Å². The van der Waals surface area contributed by atoms with Crippen LogP contribution in [0.4, 0.5) is 5.13 Å². The largest absolute Gasteiger partial charge is 0.487 e. The van der Waals surface area contributed by atoms with Crippen LogP contribution < -0.4 is 10.1 Å². The molecule has 5 nitrogen and oxygen atoms in total. The summed E-state index contributed by atoms with van der Waals surface area (Å²) in [7, 11) is 0. The van der Waals surface area contributed by atoms with Gasteiger partial charge in [0.15, 0.2) is 5.13 Å². The lowest BCUT2D eigenvalue weighted by Gasteiger charge is -2.06. The van der Waals surface area contributed by atoms with Crippen molar-refractivity contribution in [2.45, 2.75) is 13.5 Å².